The Balaban J connectivity index is 1.68. The summed E-state index contributed by atoms with van der Waals surface area (Å²) in [5, 5.41) is 23.4. The summed E-state index contributed by atoms with van der Waals surface area (Å²) in [4.78, 5) is 12.4. The molecule has 25 heavy (non-hydrogen) atoms. The van der Waals surface area contributed by atoms with Crippen LogP contribution < -0.4 is 5.32 Å². The number of rotatable bonds is 5. The molecule has 0 aliphatic heterocycles. The van der Waals surface area contributed by atoms with Gasteiger partial charge in [-0.2, -0.15) is 9.94 Å². The third kappa shape index (κ3) is 4.02. The molecule has 1 heterocycles. The van der Waals surface area contributed by atoms with Gasteiger partial charge in [-0.1, -0.05) is 30.0 Å². The lowest BCUT2D eigenvalue weighted by Crippen LogP contribution is -2.22. The number of tetrazole rings is 1. The van der Waals surface area contributed by atoms with Gasteiger partial charge in [0.25, 0.3) is 0 Å². The van der Waals surface area contributed by atoms with Gasteiger partial charge in [0.15, 0.2) is 0 Å². The highest BCUT2D eigenvalue weighted by Crippen LogP contribution is 2.23. The fraction of sp³-hybridized carbons (Fsp3) is 0.118. The van der Waals surface area contributed by atoms with Crippen molar-refractivity contribution in [2.24, 2.45) is 0 Å². The van der Waals surface area contributed by atoms with Gasteiger partial charge in [-0.05, 0) is 53.7 Å². The van der Waals surface area contributed by atoms with E-state index in [2.05, 4.69) is 20.8 Å². The molecule has 0 spiro atoms. The fourth-order valence-electron chi connectivity index (χ4n) is 2.07. The first-order chi connectivity index (χ1) is 12.2. The lowest BCUT2D eigenvalue weighted by molar-refractivity contribution is -0.115. The summed E-state index contributed by atoms with van der Waals surface area (Å²) < 4.78 is 1.59. The van der Waals surface area contributed by atoms with Gasteiger partial charge in [-0.25, -0.2) is 0 Å². The number of benzene rings is 2. The molecular formula is C17H14N6OS. The van der Waals surface area contributed by atoms with Crippen LogP contribution in [0.15, 0.2) is 59.8 Å². The molecule has 0 unspecified atom stereocenters. The molecule has 0 aliphatic carbocycles. The number of thioether (sulfide) groups is 1. The summed E-state index contributed by atoms with van der Waals surface area (Å²) in [6.45, 7) is 1.79. The summed E-state index contributed by atoms with van der Waals surface area (Å²) >= 11 is 1.27. The van der Waals surface area contributed by atoms with Crippen molar-refractivity contribution in [3.05, 3.63) is 60.2 Å². The van der Waals surface area contributed by atoms with Crippen molar-refractivity contribution in [1.29, 1.82) is 5.26 Å². The summed E-state index contributed by atoms with van der Waals surface area (Å²) in [6, 6.07) is 18.2. The highest BCUT2D eigenvalue weighted by Gasteiger charge is 2.19. The van der Waals surface area contributed by atoms with E-state index in [1.54, 1.807) is 35.9 Å². The molecule has 0 aliphatic rings. The lowest BCUT2D eigenvalue weighted by Gasteiger charge is -2.11. The Bertz CT molecular complexity index is 901. The average molecular weight is 350 g/mol. The normalized spacial score (nSPS) is 11.5. The first-order valence-electron chi connectivity index (χ1n) is 7.49. The van der Waals surface area contributed by atoms with Crippen LogP contribution in [0.5, 0.6) is 0 Å². The van der Waals surface area contributed by atoms with Crippen LogP contribution in [0, 0.1) is 11.3 Å². The molecule has 3 aromatic rings. The third-order valence-corrected chi connectivity index (χ3v) is 4.41. The zero-order chi connectivity index (χ0) is 17.6. The van der Waals surface area contributed by atoms with Gasteiger partial charge in [-0.3, -0.25) is 4.79 Å². The summed E-state index contributed by atoms with van der Waals surface area (Å²) in [5.74, 6) is -0.169. The number of hydrogen-bond acceptors (Lipinski definition) is 6. The number of aromatic nitrogens is 4. The molecule has 0 fully saturated rings. The van der Waals surface area contributed by atoms with Crippen LogP contribution in [0.3, 0.4) is 0 Å². The topological polar surface area (TPSA) is 96.5 Å². The molecule has 1 atom stereocenters. The van der Waals surface area contributed by atoms with Crippen molar-refractivity contribution in [2.45, 2.75) is 17.3 Å². The smallest absolute Gasteiger partial charge is 0.237 e. The Morgan fingerprint density at radius 3 is 2.60 bits per heavy atom. The second-order valence-electron chi connectivity index (χ2n) is 5.15. The maximum atomic E-state index is 12.4. The van der Waals surface area contributed by atoms with Crippen molar-refractivity contribution in [1.82, 2.24) is 20.2 Å². The van der Waals surface area contributed by atoms with Crippen LogP contribution in [-0.4, -0.2) is 31.4 Å². The van der Waals surface area contributed by atoms with Crippen molar-refractivity contribution < 1.29 is 4.79 Å². The minimum Gasteiger partial charge on any atom is -0.325 e. The monoisotopic (exact) mass is 350 g/mol. The minimum absolute atomic E-state index is 0.169. The number of anilines is 1. The van der Waals surface area contributed by atoms with Crippen LogP contribution in [0.1, 0.15) is 12.5 Å². The lowest BCUT2D eigenvalue weighted by atomic mass is 10.2. The standard InChI is InChI=1S/C17H14N6OS/c1-12(16(24)19-14-9-7-13(11-18)8-10-14)25-17-20-21-22-23(17)15-5-3-2-4-6-15/h2-10,12H,1H3,(H,19,24)/t12-/m0/s1. The first-order valence-corrected chi connectivity index (χ1v) is 8.37. The summed E-state index contributed by atoms with van der Waals surface area (Å²) in [7, 11) is 0. The minimum atomic E-state index is -0.399. The molecule has 0 radical (unpaired) electrons. The third-order valence-electron chi connectivity index (χ3n) is 3.37. The van der Waals surface area contributed by atoms with Crippen molar-refractivity contribution in [3.8, 4) is 11.8 Å². The second kappa shape index (κ2) is 7.59. The first kappa shape index (κ1) is 16.7. The van der Waals surface area contributed by atoms with E-state index in [4.69, 9.17) is 5.26 Å². The van der Waals surface area contributed by atoms with Gasteiger partial charge in [0, 0.05) is 5.69 Å². The van der Waals surface area contributed by atoms with E-state index in [1.165, 1.54) is 11.8 Å². The molecular weight excluding hydrogens is 336 g/mol. The summed E-state index contributed by atoms with van der Waals surface area (Å²) in [6.07, 6.45) is 0. The quantitative estimate of drug-likeness (QED) is 0.711. The van der Waals surface area contributed by atoms with E-state index in [1.807, 2.05) is 36.4 Å². The van der Waals surface area contributed by atoms with E-state index >= 15 is 0 Å². The number of carbonyl (C=O) groups excluding carboxylic acids is 1. The highest BCUT2D eigenvalue weighted by atomic mass is 32.2. The van der Waals surface area contributed by atoms with E-state index in [0.717, 1.165) is 5.69 Å². The van der Waals surface area contributed by atoms with Gasteiger partial charge in [0.1, 0.15) is 0 Å². The maximum Gasteiger partial charge on any atom is 0.237 e. The number of hydrogen-bond donors (Lipinski definition) is 1. The highest BCUT2D eigenvalue weighted by molar-refractivity contribution is 8.00. The number of nitrogens with zero attached hydrogens (tertiary/aromatic N) is 5. The van der Waals surface area contributed by atoms with Crippen molar-refractivity contribution in [2.75, 3.05) is 5.32 Å². The van der Waals surface area contributed by atoms with Crippen LogP contribution in [0.25, 0.3) is 5.69 Å². The molecule has 7 nitrogen and oxygen atoms in total. The predicted molar refractivity (Wildman–Crippen MR) is 94.3 cm³/mol. The van der Waals surface area contributed by atoms with Gasteiger partial charge < -0.3 is 5.32 Å². The largest absolute Gasteiger partial charge is 0.325 e. The Hall–Kier alpha value is -3.18. The predicted octanol–water partition coefficient (Wildman–Crippen LogP) is 2.65. The number of carbonyl (C=O) groups is 1. The van der Waals surface area contributed by atoms with Gasteiger partial charge in [0.05, 0.1) is 22.6 Å². The zero-order valence-electron chi connectivity index (χ0n) is 13.3. The number of amides is 1. The average Bonchev–Trinajstić information content (AvgIpc) is 3.11. The Morgan fingerprint density at radius 1 is 1.20 bits per heavy atom. The Morgan fingerprint density at radius 2 is 1.92 bits per heavy atom. The molecule has 0 bridgehead atoms. The van der Waals surface area contributed by atoms with Crippen LogP contribution >= 0.6 is 11.8 Å². The van der Waals surface area contributed by atoms with Gasteiger partial charge in [-0.15, -0.1) is 5.10 Å². The van der Waals surface area contributed by atoms with E-state index in [9.17, 15) is 4.79 Å². The Labute approximate surface area is 148 Å². The molecule has 3 rings (SSSR count). The molecule has 2 aromatic carbocycles. The maximum absolute atomic E-state index is 12.4. The molecule has 0 saturated heterocycles. The van der Waals surface area contributed by atoms with E-state index in [-0.39, 0.29) is 5.91 Å². The van der Waals surface area contributed by atoms with Crippen LogP contribution in [-0.2, 0) is 4.79 Å². The van der Waals surface area contributed by atoms with E-state index < -0.39 is 5.25 Å². The Kier molecular flexibility index (Phi) is 5.06. The summed E-state index contributed by atoms with van der Waals surface area (Å²) in [5.41, 5.74) is 2.01. The van der Waals surface area contributed by atoms with E-state index in [0.29, 0.717) is 16.4 Å². The van der Waals surface area contributed by atoms with Crippen LogP contribution in [0.2, 0.25) is 0 Å². The van der Waals surface area contributed by atoms with Crippen LogP contribution in [0.4, 0.5) is 5.69 Å². The molecule has 1 N–H and O–H groups in total. The zero-order valence-corrected chi connectivity index (χ0v) is 14.1. The number of para-hydroxylation sites is 1. The number of nitriles is 1. The molecule has 0 saturated carbocycles. The molecule has 124 valence electrons. The molecule has 8 heteroatoms. The SMILES string of the molecule is C[C@H](Sc1nnnn1-c1ccccc1)C(=O)Nc1ccc(C#N)cc1. The van der Waals surface area contributed by atoms with Gasteiger partial charge >= 0.3 is 0 Å². The number of nitrogens with one attached hydrogen (secondary N) is 1. The fourth-order valence-corrected chi connectivity index (χ4v) is 2.87. The second-order valence-corrected chi connectivity index (χ2v) is 6.46. The van der Waals surface area contributed by atoms with Crippen molar-refractivity contribution >= 4 is 23.4 Å². The van der Waals surface area contributed by atoms with Gasteiger partial charge in [0.2, 0.25) is 11.1 Å². The molecule has 1 aromatic heterocycles. The molecule has 1 amide bonds. The van der Waals surface area contributed by atoms with Crippen molar-refractivity contribution in [3.63, 3.8) is 0 Å².